The van der Waals surface area contributed by atoms with Gasteiger partial charge in [-0.3, -0.25) is 4.79 Å². The summed E-state index contributed by atoms with van der Waals surface area (Å²) in [5.74, 6) is 1.08. The van der Waals surface area contributed by atoms with E-state index in [0.717, 1.165) is 41.8 Å². The summed E-state index contributed by atoms with van der Waals surface area (Å²) in [7, 11) is 0. The highest BCUT2D eigenvalue weighted by Gasteiger charge is 2.15. The van der Waals surface area contributed by atoms with Crippen LogP contribution in [0.15, 0.2) is 16.7 Å². The van der Waals surface area contributed by atoms with E-state index >= 15 is 0 Å². The van der Waals surface area contributed by atoms with Crippen molar-refractivity contribution < 1.29 is 4.79 Å². The van der Waals surface area contributed by atoms with E-state index in [9.17, 15) is 4.79 Å². The lowest BCUT2D eigenvalue weighted by Crippen LogP contribution is -2.36. The van der Waals surface area contributed by atoms with E-state index in [0.29, 0.717) is 13.0 Å². The standard InChI is InChI=1S/C14H20BrN3O/c1-11-9-13(17-10-12(11)15)16-6-5-14(19)18-7-3-2-4-8-18/h9-10H,2-8H2,1H3,(H,16,17). The summed E-state index contributed by atoms with van der Waals surface area (Å²) in [5.41, 5.74) is 1.14. The molecular weight excluding hydrogens is 306 g/mol. The molecule has 5 heteroatoms. The van der Waals surface area contributed by atoms with Crippen LogP contribution in [0.5, 0.6) is 0 Å². The van der Waals surface area contributed by atoms with Gasteiger partial charge in [-0.2, -0.15) is 0 Å². The molecule has 0 aliphatic carbocycles. The van der Waals surface area contributed by atoms with Gasteiger partial charge in [-0.1, -0.05) is 0 Å². The Hall–Kier alpha value is -1.10. The molecule has 4 nitrogen and oxygen atoms in total. The Morgan fingerprint density at radius 3 is 2.84 bits per heavy atom. The van der Waals surface area contributed by atoms with Crippen molar-refractivity contribution in [3.8, 4) is 0 Å². The SMILES string of the molecule is Cc1cc(NCCC(=O)N2CCCCC2)ncc1Br. The highest BCUT2D eigenvalue weighted by atomic mass is 79.9. The summed E-state index contributed by atoms with van der Waals surface area (Å²) >= 11 is 3.42. The summed E-state index contributed by atoms with van der Waals surface area (Å²) in [4.78, 5) is 18.2. The van der Waals surface area contributed by atoms with Gasteiger partial charge in [-0.05, 0) is 53.7 Å². The lowest BCUT2D eigenvalue weighted by atomic mass is 10.1. The maximum Gasteiger partial charge on any atom is 0.224 e. The van der Waals surface area contributed by atoms with Gasteiger partial charge < -0.3 is 10.2 Å². The number of nitrogens with one attached hydrogen (secondary N) is 1. The Morgan fingerprint density at radius 2 is 2.16 bits per heavy atom. The highest BCUT2D eigenvalue weighted by Crippen LogP contribution is 2.17. The number of carbonyl (C=O) groups excluding carboxylic acids is 1. The summed E-state index contributed by atoms with van der Waals surface area (Å²) in [5, 5.41) is 3.20. The number of hydrogen-bond donors (Lipinski definition) is 1. The van der Waals surface area contributed by atoms with Crippen LogP contribution in [0.4, 0.5) is 5.82 Å². The first kappa shape index (κ1) is 14.3. The summed E-state index contributed by atoms with van der Waals surface area (Å²) in [6, 6.07) is 1.98. The molecule has 1 aliphatic rings. The van der Waals surface area contributed by atoms with Gasteiger partial charge in [0.2, 0.25) is 5.91 Å². The van der Waals surface area contributed by atoms with E-state index in [1.165, 1.54) is 6.42 Å². The minimum absolute atomic E-state index is 0.251. The molecule has 0 spiro atoms. The molecule has 0 saturated carbocycles. The van der Waals surface area contributed by atoms with Crippen molar-refractivity contribution in [2.45, 2.75) is 32.6 Å². The number of nitrogens with zero attached hydrogens (tertiary/aromatic N) is 2. The molecule has 0 atom stereocenters. The minimum atomic E-state index is 0.251. The lowest BCUT2D eigenvalue weighted by molar-refractivity contribution is -0.131. The number of amides is 1. The van der Waals surface area contributed by atoms with E-state index < -0.39 is 0 Å². The van der Waals surface area contributed by atoms with E-state index in [1.54, 1.807) is 6.20 Å². The number of piperidine rings is 1. The Kier molecular flexibility index (Phi) is 5.19. The number of halogens is 1. The zero-order valence-corrected chi connectivity index (χ0v) is 12.9. The van der Waals surface area contributed by atoms with Crippen LogP contribution >= 0.6 is 15.9 Å². The Bertz CT molecular complexity index is 444. The maximum atomic E-state index is 12.0. The average Bonchev–Trinajstić information content (AvgIpc) is 2.43. The maximum absolute atomic E-state index is 12.0. The molecule has 2 heterocycles. The molecule has 1 aromatic rings. The van der Waals surface area contributed by atoms with Crippen LogP contribution < -0.4 is 5.32 Å². The third-order valence-electron chi connectivity index (χ3n) is 3.40. The number of aryl methyl sites for hydroxylation is 1. The van der Waals surface area contributed by atoms with Crippen LogP contribution in [0.2, 0.25) is 0 Å². The fraction of sp³-hybridized carbons (Fsp3) is 0.571. The second-order valence-electron chi connectivity index (χ2n) is 4.94. The normalized spacial score (nSPS) is 15.4. The lowest BCUT2D eigenvalue weighted by Gasteiger charge is -2.26. The summed E-state index contributed by atoms with van der Waals surface area (Å²) in [6.45, 7) is 4.52. The Balaban J connectivity index is 1.76. The second-order valence-corrected chi connectivity index (χ2v) is 5.79. The molecule has 1 aliphatic heterocycles. The zero-order valence-electron chi connectivity index (χ0n) is 11.3. The Morgan fingerprint density at radius 1 is 1.42 bits per heavy atom. The van der Waals surface area contributed by atoms with Crippen molar-refractivity contribution in [2.75, 3.05) is 25.0 Å². The van der Waals surface area contributed by atoms with Gasteiger partial charge in [0.25, 0.3) is 0 Å². The summed E-state index contributed by atoms with van der Waals surface area (Å²) in [6.07, 6.45) is 5.87. The van der Waals surface area contributed by atoms with Crippen molar-refractivity contribution in [1.29, 1.82) is 0 Å². The van der Waals surface area contributed by atoms with Gasteiger partial charge in [0, 0.05) is 36.7 Å². The van der Waals surface area contributed by atoms with Crippen molar-refractivity contribution in [3.63, 3.8) is 0 Å². The highest BCUT2D eigenvalue weighted by molar-refractivity contribution is 9.10. The van der Waals surface area contributed by atoms with Crippen molar-refractivity contribution in [3.05, 3.63) is 22.3 Å². The molecule has 1 amide bonds. The van der Waals surface area contributed by atoms with Gasteiger partial charge >= 0.3 is 0 Å². The number of anilines is 1. The Labute approximate surface area is 122 Å². The number of carbonyl (C=O) groups is 1. The quantitative estimate of drug-likeness (QED) is 0.925. The van der Waals surface area contributed by atoms with E-state index in [-0.39, 0.29) is 5.91 Å². The number of rotatable bonds is 4. The van der Waals surface area contributed by atoms with Gasteiger partial charge in [-0.15, -0.1) is 0 Å². The zero-order chi connectivity index (χ0) is 13.7. The average molecular weight is 326 g/mol. The van der Waals surface area contributed by atoms with Crippen molar-refractivity contribution >= 4 is 27.7 Å². The predicted molar refractivity (Wildman–Crippen MR) is 80.2 cm³/mol. The molecule has 0 aromatic carbocycles. The molecule has 2 rings (SSSR count). The first-order chi connectivity index (χ1) is 9.16. The first-order valence-electron chi connectivity index (χ1n) is 6.80. The molecule has 0 bridgehead atoms. The van der Waals surface area contributed by atoms with Gasteiger partial charge in [0.15, 0.2) is 0 Å². The van der Waals surface area contributed by atoms with Crippen molar-refractivity contribution in [2.24, 2.45) is 0 Å². The van der Waals surface area contributed by atoms with E-state index in [2.05, 4.69) is 26.2 Å². The number of likely N-dealkylation sites (tertiary alicyclic amines) is 1. The molecule has 1 fully saturated rings. The topological polar surface area (TPSA) is 45.2 Å². The molecule has 0 unspecified atom stereocenters. The van der Waals surface area contributed by atoms with Crippen LogP contribution in [0.25, 0.3) is 0 Å². The number of hydrogen-bond acceptors (Lipinski definition) is 3. The molecule has 1 saturated heterocycles. The van der Waals surface area contributed by atoms with Crippen LogP contribution in [0.3, 0.4) is 0 Å². The minimum Gasteiger partial charge on any atom is -0.370 e. The molecular formula is C14H20BrN3O. The molecule has 104 valence electrons. The van der Waals surface area contributed by atoms with Gasteiger partial charge in [0.05, 0.1) is 0 Å². The largest absolute Gasteiger partial charge is 0.370 e. The van der Waals surface area contributed by atoms with E-state index in [1.807, 2.05) is 17.9 Å². The van der Waals surface area contributed by atoms with Gasteiger partial charge in [-0.25, -0.2) is 4.98 Å². The summed E-state index contributed by atoms with van der Waals surface area (Å²) < 4.78 is 1.00. The molecule has 1 N–H and O–H groups in total. The predicted octanol–water partition coefficient (Wildman–Crippen LogP) is 2.97. The van der Waals surface area contributed by atoms with Crippen molar-refractivity contribution in [1.82, 2.24) is 9.88 Å². The van der Waals surface area contributed by atoms with Crippen LogP contribution in [-0.4, -0.2) is 35.4 Å². The molecule has 19 heavy (non-hydrogen) atoms. The fourth-order valence-electron chi connectivity index (χ4n) is 2.23. The molecule has 1 aromatic heterocycles. The smallest absolute Gasteiger partial charge is 0.224 e. The van der Waals surface area contributed by atoms with Crippen LogP contribution in [-0.2, 0) is 4.79 Å². The van der Waals surface area contributed by atoms with Crippen LogP contribution in [0, 0.1) is 6.92 Å². The van der Waals surface area contributed by atoms with E-state index in [4.69, 9.17) is 0 Å². The number of pyridine rings is 1. The first-order valence-corrected chi connectivity index (χ1v) is 7.60. The monoisotopic (exact) mass is 325 g/mol. The molecule has 0 radical (unpaired) electrons. The third kappa shape index (κ3) is 4.20. The second kappa shape index (κ2) is 6.89. The van der Waals surface area contributed by atoms with Gasteiger partial charge in [0.1, 0.15) is 5.82 Å². The third-order valence-corrected chi connectivity index (χ3v) is 4.23. The fourth-order valence-corrected chi connectivity index (χ4v) is 2.45. The van der Waals surface area contributed by atoms with Crippen LogP contribution in [0.1, 0.15) is 31.2 Å². The number of aromatic nitrogens is 1.